The second-order valence-electron chi connectivity index (χ2n) is 5.98. The SMILES string of the molecule is CCc1cccnc1-c1noc(CC2(N)CCCCC2)n1. The van der Waals surface area contributed by atoms with Gasteiger partial charge in [0.2, 0.25) is 11.7 Å². The summed E-state index contributed by atoms with van der Waals surface area (Å²) in [5.74, 6) is 1.20. The van der Waals surface area contributed by atoms with E-state index in [1.54, 1.807) is 6.20 Å². The van der Waals surface area contributed by atoms with Crippen molar-refractivity contribution in [2.45, 2.75) is 57.4 Å². The van der Waals surface area contributed by atoms with Gasteiger partial charge in [-0.2, -0.15) is 4.98 Å². The van der Waals surface area contributed by atoms with E-state index in [0.717, 1.165) is 30.5 Å². The molecule has 0 radical (unpaired) electrons. The van der Waals surface area contributed by atoms with E-state index in [0.29, 0.717) is 18.1 Å². The van der Waals surface area contributed by atoms with E-state index in [-0.39, 0.29) is 5.54 Å². The third-order valence-electron chi connectivity index (χ3n) is 4.30. The predicted molar refractivity (Wildman–Crippen MR) is 80.6 cm³/mol. The van der Waals surface area contributed by atoms with Crippen LogP contribution in [0.4, 0.5) is 0 Å². The molecule has 1 saturated carbocycles. The molecule has 0 saturated heterocycles. The van der Waals surface area contributed by atoms with Crippen LogP contribution < -0.4 is 5.73 Å². The number of aryl methyl sites for hydroxylation is 1. The molecule has 2 aromatic rings. The van der Waals surface area contributed by atoms with E-state index in [2.05, 4.69) is 22.0 Å². The molecule has 2 N–H and O–H groups in total. The molecule has 1 aliphatic carbocycles. The summed E-state index contributed by atoms with van der Waals surface area (Å²) in [4.78, 5) is 8.89. The molecule has 0 amide bonds. The van der Waals surface area contributed by atoms with Gasteiger partial charge in [-0.15, -0.1) is 0 Å². The minimum atomic E-state index is -0.181. The topological polar surface area (TPSA) is 77.8 Å². The molecule has 21 heavy (non-hydrogen) atoms. The maximum absolute atomic E-state index is 6.45. The zero-order valence-corrected chi connectivity index (χ0v) is 12.5. The van der Waals surface area contributed by atoms with Crippen molar-refractivity contribution in [2.75, 3.05) is 0 Å². The second-order valence-corrected chi connectivity index (χ2v) is 5.98. The molecular formula is C16H22N4O. The lowest BCUT2D eigenvalue weighted by atomic mass is 9.80. The molecule has 112 valence electrons. The van der Waals surface area contributed by atoms with Gasteiger partial charge < -0.3 is 10.3 Å². The first kappa shape index (κ1) is 14.2. The number of rotatable bonds is 4. The van der Waals surface area contributed by atoms with Gasteiger partial charge in [-0.3, -0.25) is 4.98 Å². The van der Waals surface area contributed by atoms with Gasteiger partial charge in [-0.05, 0) is 30.9 Å². The Kier molecular flexibility index (Phi) is 4.01. The number of hydrogen-bond donors (Lipinski definition) is 1. The molecule has 1 aliphatic rings. The zero-order valence-electron chi connectivity index (χ0n) is 12.5. The fourth-order valence-corrected chi connectivity index (χ4v) is 3.08. The van der Waals surface area contributed by atoms with E-state index in [4.69, 9.17) is 10.3 Å². The molecule has 0 aromatic carbocycles. The Morgan fingerprint density at radius 2 is 2.10 bits per heavy atom. The highest BCUT2D eigenvalue weighted by Gasteiger charge is 2.30. The van der Waals surface area contributed by atoms with Crippen LogP contribution in [0.5, 0.6) is 0 Å². The van der Waals surface area contributed by atoms with Crippen molar-refractivity contribution < 1.29 is 4.52 Å². The molecule has 2 aromatic heterocycles. The minimum absolute atomic E-state index is 0.181. The number of aromatic nitrogens is 3. The molecule has 0 unspecified atom stereocenters. The summed E-state index contributed by atoms with van der Waals surface area (Å²) in [5, 5.41) is 4.09. The Morgan fingerprint density at radius 3 is 2.86 bits per heavy atom. The number of hydrogen-bond acceptors (Lipinski definition) is 5. The summed E-state index contributed by atoms with van der Waals surface area (Å²) in [6.45, 7) is 2.10. The van der Waals surface area contributed by atoms with Crippen LogP contribution in [-0.2, 0) is 12.8 Å². The van der Waals surface area contributed by atoms with Crippen molar-refractivity contribution >= 4 is 0 Å². The van der Waals surface area contributed by atoms with Crippen LogP contribution in [0, 0.1) is 0 Å². The lowest BCUT2D eigenvalue weighted by Gasteiger charge is -2.31. The van der Waals surface area contributed by atoms with Gasteiger partial charge in [0.15, 0.2) is 0 Å². The molecule has 5 nitrogen and oxygen atoms in total. The molecular weight excluding hydrogens is 264 g/mol. The number of nitrogens with zero attached hydrogens (tertiary/aromatic N) is 3. The predicted octanol–water partition coefficient (Wildman–Crippen LogP) is 2.90. The standard InChI is InChI=1S/C16H22N4O/c1-2-12-7-6-10-18-14(12)15-19-13(21-20-15)11-16(17)8-4-3-5-9-16/h6-7,10H,2-5,8-9,11,17H2,1H3. The lowest BCUT2D eigenvalue weighted by Crippen LogP contribution is -2.43. The van der Waals surface area contributed by atoms with E-state index in [1.807, 2.05) is 12.1 Å². The average Bonchev–Trinajstić information content (AvgIpc) is 2.95. The monoisotopic (exact) mass is 286 g/mol. The van der Waals surface area contributed by atoms with Gasteiger partial charge in [0.25, 0.3) is 0 Å². The normalized spacial score (nSPS) is 17.8. The van der Waals surface area contributed by atoms with Gasteiger partial charge in [0.05, 0.1) is 0 Å². The zero-order chi connectivity index (χ0) is 14.7. The first-order chi connectivity index (χ1) is 10.2. The Labute approximate surface area is 125 Å². The fourth-order valence-electron chi connectivity index (χ4n) is 3.08. The first-order valence-electron chi connectivity index (χ1n) is 7.76. The molecule has 0 spiro atoms. The van der Waals surface area contributed by atoms with Crippen LogP contribution in [0.1, 0.15) is 50.5 Å². The highest BCUT2D eigenvalue weighted by atomic mass is 16.5. The summed E-state index contributed by atoms with van der Waals surface area (Å²) >= 11 is 0. The van der Waals surface area contributed by atoms with Gasteiger partial charge in [-0.25, -0.2) is 0 Å². The average molecular weight is 286 g/mol. The molecule has 3 rings (SSSR count). The van der Waals surface area contributed by atoms with Gasteiger partial charge in [0.1, 0.15) is 5.69 Å². The smallest absolute Gasteiger partial charge is 0.228 e. The van der Waals surface area contributed by atoms with Crippen molar-refractivity contribution in [1.82, 2.24) is 15.1 Å². The Hall–Kier alpha value is -1.75. The van der Waals surface area contributed by atoms with E-state index < -0.39 is 0 Å². The third kappa shape index (κ3) is 3.13. The molecule has 0 atom stereocenters. The molecule has 0 bridgehead atoms. The van der Waals surface area contributed by atoms with E-state index in [9.17, 15) is 0 Å². The van der Waals surface area contributed by atoms with Crippen LogP contribution >= 0.6 is 0 Å². The Morgan fingerprint density at radius 1 is 1.29 bits per heavy atom. The quantitative estimate of drug-likeness (QED) is 0.935. The largest absolute Gasteiger partial charge is 0.339 e. The molecule has 2 heterocycles. The maximum atomic E-state index is 6.45. The summed E-state index contributed by atoms with van der Waals surface area (Å²) in [5.41, 5.74) is 8.21. The van der Waals surface area contributed by atoms with E-state index >= 15 is 0 Å². The van der Waals surface area contributed by atoms with Crippen LogP contribution in [0.25, 0.3) is 11.5 Å². The van der Waals surface area contributed by atoms with Crippen molar-refractivity contribution in [3.63, 3.8) is 0 Å². The van der Waals surface area contributed by atoms with Crippen molar-refractivity contribution in [3.8, 4) is 11.5 Å². The van der Waals surface area contributed by atoms with Crippen molar-refractivity contribution in [1.29, 1.82) is 0 Å². The summed E-state index contributed by atoms with van der Waals surface area (Å²) in [7, 11) is 0. The van der Waals surface area contributed by atoms with Gasteiger partial charge in [0, 0.05) is 18.2 Å². The molecule has 1 fully saturated rings. The van der Waals surface area contributed by atoms with Gasteiger partial charge >= 0.3 is 0 Å². The first-order valence-corrected chi connectivity index (χ1v) is 7.76. The third-order valence-corrected chi connectivity index (χ3v) is 4.30. The highest BCUT2D eigenvalue weighted by Crippen LogP contribution is 2.29. The van der Waals surface area contributed by atoms with Crippen LogP contribution in [0.2, 0.25) is 0 Å². The minimum Gasteiger partial charge on any atom is -0.339 e. The summed E-state index contributed by atoms with van der Waals surface area (Å²) in [6.07, 6.45) is 9.05. The second kappa shape index (κ2) is 5.93. The van der Waals surface area contributed by atoms with Crippen LogP contribution in [0.15, 0.2) is 22.9 Å². The summed E-state index contributed by atoms with van der Waals surface area (Å²) in [6, 6.07) is 3.98. The lowest BCUT2D eigenvalue weighted by molar-refractivity contribution is 0.261. The van der Waals surface area contributed by atoms with Crippen LogP contribution in [0.3, 0.4) is 0 Å². The highest BCUT2D eigenvalue weighted by molar-refractivity contribution is 5.53. The Bertz CT molecular complexity index is 602. The van der Waals surface area contributed by atoms with Crippen molar-refractivity contribution in [3.05, 3.63) is 29.8 Å². The Balaban J connectivity index is 1.80. The van der Waals surface area contributed by atoms with Crippen molar-refractivity contribution in [2.24, 2.45) is 5.73 Å². The maximum Gasteiger partial charge on any atom is 0.228 e. The molecule has 0 aliphatic heterocycles. The van der Waals surface area contributed by atoms with Gasteiger partial charge in [-0.1, -0.05) is 37.4 Å². The molecule has 5 heteroatoms. The van der Waals surface area contributed by atoms with E-state index in [1.165, 1.54) is 19.3 Å². The summed E-state index contributed by atoms with van der Waals surface area (Å²) < 4.78 is 5.41. The fraction of sp³-hybridized carbons (Fsp3) is 0.562. The number of nitrogens with two attached hydrogens (primary N) is 1. The van der Waals surface area contributed by atoms with Crippen LogP contribution in [-0.4, -0.2) is 20.7 Å². The number of pyridine rings is 1.